The van der Waals surface area contributed by atoms with Crippen LogP contribution in [0.4, 0.5) is 0 Å². The van der Waals surface area contributed by atoms with Crippen LogP contribution >= 0.6 is 0 Å². The van der Waals surface area contributed by atoms with E-state index in [2.05, 4.69) is 0 Å². The van der Waals surface area contributed by atoms with Crippen molar-refractivity contribution in [2.75, 3.05) is 6.61 Å². The molecular weight excluding hydrogens is 216 g/mol. The molecule has 0 N–H and O–H groups in total. The third-order valence-electron chi connectivity index (χ3n) is 2.53. The topological polar surface area (TPSA) is 43.4 Å². The fourth-order valence-corrected chi connectivity index (χ4v) is 1.72. The quantitative estimate of drug-likeness (QED) is 0.581. The number of aryl methyl sites for hydroxylation is 2. The maximum atomic E-state index is 11.8. The first kappa shape index (κ1) is 13.4. The van der Waals surface area contributed by atoms with E-state index in [9.17, 15) is 9.59 Å². The summed E-state index contributed by atoms with van der Waals surface area (Å²) in [5.74, 6) is 0.562. The Morgan fingerprint density at radius 1 is 1.18 bits per heavy atom. The van der Waals surface area contributed by atoms with Gasteiger partial charge < -0.3 is 4.74 Å². The van der Waals surface area contributed by atoms with E-state index >= 15 is 0 Å². The molecule has 1 rings (SSSR count). The van der Waals surface area contributed by atoms with Gasteiger partial charge in [0.05, 0.1) is 13.0 Å². The van der Waals surface area contributed by atoms with E-state index in [1.54, 1.807) is 6.07 Å². The third kappa shape index (κ3) is 3.41. The highest BCUT2D eigenvalue weighted by Crippen LogP contribution is 2.23. The lowest BCUT2D eigenvalue weighted by atomic mass is 9.98. The Bertz CT molecular complexity index is 447. The Labute approximate surface area is 102 Å². The minimum atomic E-state index is -0.124. The summed E-state index contributed by atoms with van der Waals surface area (Å²) in [6, 6.07) is 3.65. The van der Waals surface area contributed by atoms with Gasteiger partial charge in [-0.1, -0.05) is 0 Å². The van der Waals surface area contributed by atoms with Gasteiger partial charge in [0.2, 0.25) is 0 Å². The maximum absolute atomic E-state index is 11.8. The number of ether oxygens (including phenoxy) is 1. The first-order chi connectivity index (χ1) is 7.95. The number of hydrogen-bond acceptors (Lipinski definition) is 3. The van der Waals surface area contributed by atoms with Crippen LogP contribution in [0.2, 0.25) is 0 Å². The Morgan fingerprint density at radius 2 is 1.82 bits per heavy atom. The second-order valence-corrected chi connectivity index (χ2v) is 4.17. The lowest BCUT2D eigenvalue weighted by Crippen LogP contribution is -2.08. The zero-order valence-electron chi connectivity index (χ0n) is 10.8. The van der Waals surface area contributed by atoms with Crippen LogP contribution in [0, 0.1) is 13.8 Å². The number of benzene rings is 1. The molecule has 0 fully saturated rings. The molecule has 17 heavy (non-hydrogen) atoms. The number of carbonyl (C=O) groups excluding carboxylic acids is 2. The third-order valence-corrected chi connectivity index (χ3v) is 2.53. The second kappa shape index (κ2) is 5.62. The molecule has 3 heteroatoms. The maximum Gasteiger partial charge on any atom is 0.170 e. The SMILES string of the molecule is CCOc1cc(C)c(C(=O)CC(C)=O)cc1C. The molecule has 0 bridgehead atoms. The van der Waals surface area contributed by atoms with E-state index in [0.29, 0.717) is 12.2 Å². The largest absolute Gasteiger partial charge is 0.494 e. The highest BCUT2D eigenvalue weighted by Gasteiger charge is 2.13. The van der Waals surface area contributed by atoms with Crippen molar-refractivity contribution >= 4 is 11.6 Å². The van der Waals surface area contributed by atoms with E-state index in [4.69, 9.17) is 4.74 Å². The fraction of sp³-hybridized carbons (Fsp3) is 0.429. The van der Waals surface area contributed by atoms with Crippen molar-refractivity contribution in [3.8, 4) is 5.75 Å². The smallest absolute Gasteiger partial charge is 0.170 e. The number of carbonyl (C=O) groups is 2. The molecule has 0 aliphatic rings. The van der Waals surface area contributed by atoms with Gasteiger partial charge in [-0.3, -0.25) is 9.59 Å². The first-order valence-electron chi connectivity index (χ1n) is 5.72. The monoisotopic (exact) mass is 234 g/mol. The van der Waals surface area contributed by atoms with Crippen LogP contribution in [0.5, 0.6) is 5.75 Å². The molecule has 1 aromatic carbocycles. The number of hydrogen-bond donors (Lipinski definition) is 0. The molecule has 0 spiro atoms. The molecule has 0 atom stereocenters. The average Bonchev–Trinajstić information content (AvgIpc) is 2.22. The summed E-state index contributed by atoms with van der Waals surface area (Å²) in [4.78, 5) is 22.8. The van der Waals surface area contributed by atoms with Gasteiger partial charge in [-0.15, -0.1) is 0 Å². The molecule has 92 valence electrons. The van der Waals surface area contributed by atoms with Gasteiger partial charge in [-0.2, -0.15) is 0 Å². The van der Waals surface area contributed by atoms with Gasteiger partial charge in [-0.25, -0.2) is 0 Å². The Morgan fingerprint density at radius 3 is 2.35 bits per heavy atom. The van der Waals surface area contributed by atoms with Crippen molar-refractivity contribution in [2.45, 2.75) is 34.1 Å². The van der Waals surface area contributed by atoms with Crippen LogP contribution in [0.1, 0.15) is 41.8 Å². The summed E-state index contributed by atoms with van der Waals surface area (Å²) < 4.78 is 5.46. The van der Waals surface area contributed by atoms with Gasteiger partial charge in [0, 0.05) is 5.56 Å². The zero-order valence-corrected chi connectivity index (χ0v) is 10.8. The molecule has 0 saturated carbocycles. The van der Waals surface area contributed by atoms with Gasteiger partial charge in [-0.05, 0) is 51.0 Å². The number of Topliss-reactive ketones (excluding diaryl/α,β-unsaturated/α-hetero) is 2. The predicted octanol–water partition coefficient (Wildman–Crippen LogP) is 2.86. The van der Waals surface area contributed by atoms with E-state index in [-0.39, 0.29) is 18.0 Å². The highest BCUT2D eigenvalue weighted by molar-refractivity contribution is 6.08. The van der Waals surface area contributed by atoms with Gasteiger partial charge in [0.15, 0.2) is 5.78 Å². The molecular formula is C14H18O3. The van der Waals surface area contributed by atoms with Gasteiger partial charge in [0.25, 0.3) is 0 Å². The molecule has 0 aliphatic heterocycles. The molecule has 0 saturated heterocycles. The van der Waals surface area contributed by atoms with E-state index < -0.39 is 0 Å². The summed E-state index contributed by atoms with van der Waals surface area (Å²) in [6.45, 7) is 7.70. The summed E-state index contributed by atoms with van der Waals surface area (Å²) in [7, 11) is 0. The predicted molar refractivity (Wildman–Crippen MR) is 66.7 cm³/mol. The Hall–Kier alpha value is -1.64. The van der Waals surface area contributed by atoms with Crippen molar-refractivity contribution in [3.05, 3.63) is 28.8 Å². The highest BCUT2D eigenvalue weighted by atomic mass is 16.5. The molecule has 0 heterocycles. The fourth-order valence-electron chi connectivity index (χ4n) is 1.72. The van der Waals surface area contributed by atoms with Crippen LogP contribution in [0.15, 0.2) is 12.1 Å². The average molecular weight is 234 g/mol. The molecule has 0 radical (unpaired) electrons. The summed E-state index contributed by atoms with van der Waals surface area (Å²) >= 11 is 0. The van der Waals surface area contributed by atoms with E-state index in [0.717, 1.165) is 16.9 Å². The molecule has 0 unspecified atom stereocenters. The molecule has 0 aliphatic carbocycles. The lowest BCUT2D eigenvalue weighted by Gasteiger charge is -2.11. The van der Waals surface area contributed by atoms with E-state index in [1.807, 2.05) is 26.8 Å². The molecule has 3 nitrogen and oxygen atoms in total. The van der Waals surface area contributed by atoms with Crippen LogP contribution in [-0.2, 0) is 4.79 Å². The molecule has 0 aromatic heterocycles. The zero-order chi connectivity index (χ0) is 13.0. The van der Waals surface area contributed by atoms with Crippen molar-refractivity contribution in [1.82, 2.24) is 0 Å². The first-order valence-corrected chi connectivity index (χ1v) is 5.72. The summed E-state index contributed by atoms with van der Waals surface area (Å²) in [6.07, 6.45) is -0.0335. The lowest BCUT2D eigenvalue weighted by molar-refractivity contribution is -0.116. The molecule has 0 amide bonds. The van der Waals surface area contributed by atoms with Gasteiger partial charge >= 0.3 is 0 Å². The minimum absolute atomic E-state index is 0.0335. The van der Waals surface area contributed by atoms with Crippen molar-refractivity contribution in [3.63, 3.8) is 0 Å². The van der Waals surface area contributed by atoms with Crippen LogP contribution in [-0.4, -0.2) is 18.2 Å². The van der Waals surface area contributed by atoms with Crippen LogP contribution in [0.25, 0.3) is 0 Å². The Balaban J connectivity index is 3.06. The van der Waals surface area contributed by atoms with E-state index in [1.165, 1.54) is 6.92 Å². The second-order valence-electron chi connectivity index (χ2n) is 4.17. The summed E-state index contributed by atoms with van der Waals surface area (Å²) in [5.41, 5.74) is 2.39. The van der Waals surface area contributed by atoms with Crippen LogP contribution in [0.3, 0.4) is 0 Å². The number of rotatable bonds is 5. The standard InChI is InChI=1S/C14H18O3/c1-5-17-14-7-9(2)12(6-10(14)3)13(16)8-11(4)15/h6-7H,5,8H2,1-4H3. The van der Waals surface area contributed by atoms with Crippen molar-refractivity contribution in [2.24, 2.45) is 0 Å². The van der Waals surface area contributed by atoms with Crippen molar-refractivity contribution in [1.29, 1.82) is 0 Å². The Kier molecular flexibility index (Phi) is 4.44. The normalized spacial score (nSPS) is 10.1. The molecule has 1 aromatic rings. The van der Waals surface area contributed by atoms with Gasteiger partial charge in [0.1, 0.15) is 11.5 Å². The number of ketones is 2. The summed E-state index contributed by atoms with van der Waals surface area (Å²) in [5, 5.41) is 0. The van der Waals surface area contributed by atoms with Crippen LogP contribution < -0.4 is 4.74 Å². The minimum Gasteiger partial charge on any atom is -0.494 e. The van der Waals surface area contributed by atoms with Crippen molar-refractivity contribution < 1.29 is 14.3 Å².